The Morgan fingerprint density at radius 3 is 2.50 bits per heavy atom. The zero-order chi connectivity index (χ0) is 23.1. The second kappa shape index (κ2) is 10.1. The van der Waals surface area contributed by atoms with Gasteiger partial charge in [0.25, 0.3) is 5.91 Å². The Morgan fingerprint density at radius 1 is 1.16 bits per heavy atom. The smallest absolute Gasteiger partial charge is 0.254 e. The number of benzene rings is 1. The molecule has 0 saturated carbocycles. The van der Waals surface area contributed by atoms with Crippen molar-refractivity contribution in [3.8, 4) is 17.0 Å². The van der Waals surface area contributed by atoms with Crippen LogP contribution in [0.15, 0.2) is 42.6 Å². The zero-order valence-electron chi connectivity index (χ0n) is 17.6. The summed E-state index contributed by atoms with van der Waals surface area (Å²) < 4.78 is 36.3. The topological polar surface area (TPSA) is 161 Å². The molecular formula is C20H24N6O5S. The van der Waals surface area contributed by atoms with Crippen molar-refractivity contribution in [3.63, 3.8) is 0 Å². The van der Waals surface area contributed by atoms with Crippen LogP contribution in [0.2, 0.25) is 0 Å². The van der Waals surface area contributed by atoms with Gasteiger partial charge in [0.2, 0.25) is 10.0 Å². The quantitative estimate of drug-likeness (QED) is 0.316. The first-order chi connectivity index (χ1) is 15.3. The zero-order valence-corrected chi connectivity index (χ0v) is 18.4. The third-order valence-corrected chi connectivity index (χ3v) is 5.68. The number of rotatable bonds is 11. The van der Waals surface area contributed by atoms with Crippen molar-refractivity contribution in [2.45, 2.75) is 6.92 Å². The van der Waals surface area contributed by atoms with Crippen LogP contribution in [0, 0.1) is 0 Å². The van der Waals surface area contributed by atoms with Crippen molar-refractivity contribution in [2.75, 3.05) is 36.1 Å². The SMILES string of the molecule is CCS(=O)(=O)Nc1ccc(-c2n[nH]c(Nc3ccc(OCCOC)cn3)c2C(N)=O)cc1. The van der Waals surface area contributed by atoms with Crippen LogP contribution < -0.4 is 20.5 Å². The lowest BCUT2D eigenvalue weighted by atomic mass is 10.1. The number of H-pyrrole nitrogens is 1. The molecular weight excluding hydrogens is 436 g/mol. The van der Waals surface area contributed by atoms with E-state index in [1.807, 2.05) is 0 Å². The molecule has 0 saturated heterocycles. The number of pyridine rings is 1. The van der Waals surface area contributed by atoms with Crippen LogP contribution in [0.3, 0.4) is 0 Å². The summed E-state index contributed by atoms with van der Waals surface area (Å²) in [4.78, 5) is 16.4. The number of aromatic nitrogens is 3. The predicted molar refractivity (Wildman–Crippen MR) is 121 cm³/mol. The highest BCUT2D eigenvalue weighted by Crippen LogP contribution is 2.29. The van der Waals surface area contributed by atoms with E-state index in [2.05, 4.69) is 25.2 Å². The number of nitrogens with zero attached hydrogens (tertiary/aromatic N) is 2. The summed E-state index contributed by atoms with van der Waals surface area (Å²) >= 11 is 0. The highest BCUT2D eigenvalue weighted by molar-refractivity contribution is 7.92. The normalized spacial score (nSPS) is 11.2. The number of carbonyl (C=O) groups is 1. The Bertz CT molecular complexity index is 1160. The number of nitrogens with two attached hydrogens (primary N) is 1. The molecule has 0 aliphatic heterocycles. The number of hydrogen-bond donors (Lipinski definition) is 4. The number of nitrogens with one attached hydrogen (secondary N) is 3. The van der Waals surface area contributed by atoms with E-state index in [-0.39, 0.29) is 17.1 Å². The van der Waals surface area contributed by atoms with Gasteiger partial charge in [-0.05, 0) is 31.2 Å². The van der Waals surface area contributed by atoms with Gasteiger partial charge in [-0.25, -0.2) is 13.4 Å². The van der Waals surface area contributed by atoms with E-state index in [0.29, 0.717) is 41.7 Å². The highest BCUT2D eigenvalue weighted by Gasteiger charge is 2.20. The van der Waals surface area contributed by atoms with E-state index >= 15 is 0 Å². The van der Waals surface area contributed by atoms with Gasteiger partial charge in [-0.3, -0.25) is 14.6 Å². The van der Waals surface area contributed by atoms with E-state index in [1.165, 1.54) is 6.20 Å². The van der Waals surface area contributed by atoms with Crippen molar-refractivity contribution in [1.29, 1.82) is 0 Å². The molecule has 11 nitrogen and oxygen atoms in total. The maximum Gasteiger partial charge on any atom is 0.254 e. The lowest BCUT2D eigenvalue weighted by Gasteiger charge is -2.08. The Kier molecular flexibility index (Phi) is 7.28. The Labute approximate surface area is 185 Å². The minimum absolute atomic E-state index is 0.0384. The minimum Gasteiger partial charge on any atom is -0.490 e. The van der Waals surface area contributed by atoms with Gasteiger partial charge in [-0.15, -0.1) is 0 Å². The fraction of sp³-hybridized carbons (Fsp3) is 0.250. The molecule has 0 radical (unpaired) electrons. The predicted octanol–water partition coefficient (Wildman–Crippen LogP) is 2.10. The van der Waals surface area contributed by atoms with Crippen molar-refractivity contribution >= 4 is 33.3 Å². The van der Waals surface area contributed by atoms with Crippen LogP contribution in [0.4, 0.5) is 17.3 Å². The molecule has 0 spiro atoms. The number of methoxy groups -OCH3 is 1. The summed E-state index contributed by atoms with van der Waals surface area (Å²) in [7, 11) is -1.80. The third kappa shape index (κ3) is 5.74. The molecule has 0 bridgehead atoms. The van der Waals surface area contributed by atoms with Gasteiger partial charge in [0.1, 0.15) is 35.2 Å². The molecule has 170 valence electrons. The van der Waals surface area contributed by atoms with Gasteiger partial charge in [0.15, 0.2) is 0 Å². The average Bonchev–Trinajstić information content (AvgIpc) is 3.19. The van der Waals surface area contributed by atoms with E-state index in [0.717, 1.165) is 0 Å². The summed E-state index contributed by atoms with van der Waals surface area (Å²) in [6.07, 6.45) is 1.54. The molecule has 0 atom stereocenters. The van der Waals surface area contributed by atoms with Gasteiger partial charge in [0, 0.05) is 18.4 Å². The monoisotopic (exact) mass is 460 g/mol. The average molecular weight is 461 g/mol. The molecule has 0 fully saturated rings. The van der Waals surface area contributed by atoms with Crippen LogP contribution in [0.5, 0.6) is 5.75 Å². The number of amides is 1. The highest BCUT2D eigenvalue weighted by atomic mass is 32.2. The molecule has 3 rings (SSSR count). The number of hydrogen-bond acceptors (Lipinski definition) is 8. The summed E-state index contributed by atoms with van der Waals surface area (Å²) in [5.41, 5.74) is 7.05. The van der Waals surface area contributed by atoms with Gasteiger partial charge >= 0.3 is 0 Å². The first kappa shape index (κ1) is 23.0. The lowest BCUT2D eigenvalue weighted by Crippen LogP contribution is -2.14. The molecule has 2 heterocycles. The Morgan fingerprint density at radius 2 is 1.91 bits per heavy atom. The van der Waals surface area contributed by atoms with E-state index < -0.39 is 15.9 Å². The number of primary amides is 1. The minimum atomic E-state index is -3.39. The standard InChI is InChI=1S/C20H24N6O5S/c1-3-32(28,29)26-14-6-4-13(5-7-14)18-17(19(21)27)20(25-24-18)23-16-9-8-15(12-22-16)31-11-10-30-2/h4-9,12,26H,3,10-11H2,1-2H3,(H2,21,27)(H2,22,23,24,25). The number of aromatic amines is 1. The fourth-order valence-electron chi connectivity index (χ4n) is 2.74. The molecule has 3 aromatic rings. The summed E-state index contributed by atoms with van der Waals surface area (Å²) in [5, 5.41) is 9.94. The molecule has 2 aromatic heterocycles. The number of sulfonamides is 1. The van der Waals surface area contributed by atoms with E-state index in [1.54, 1.807) is 50.4 Å². The maximum absolute atomic E-state index is 12.1. The summed E-state index contributed by atoms with van der Waals surface area (Å²) in [5.74, 6) is 0.580. The van der Waals surface area contributed by atoms with Crippen LogP contribution in [-0.4, -0.2) is 55.6 Å². The summed E-state index contributed by atoms with van der Waals surface area (Å²) in [6.45, 7) is 2.41. The maximum atomic E-state index is 12.1. The molecule has 32 heavy (non-hydrogen) atoms. The van der Waals surface area contributed by atoms with Gasteiger partial charge < -0.3 is 20.5 Å². The van der Waals surface area contributed by atoms with Gasteiger partial charge in [-0.1, -0.05) is 12.1 Å². The molecule has 0 aliphatic rings. The Hall–Kier alpha value is -3.64. The van der Waals surface area contributed by atoms with Crippen molar-refractivity contribution in [2.24, 2.45) is 5.73 Å². The van der Waals surface area contributed by atoms with Crippen LogP contribution in [0.25, 0.3) is 11.3 Å². The second-order valence-electron chi connectivity index (χ2n) is 6.61. The first-order valence-corrected chi connectivity index (χ1v) is 11.3. The molecule has 0 unspecified atom stereocenters. The molecule has 12 heteroatoms. The molecule has 5 N–H and O–H groups in total. The first-order valence-electron chi connectivity index (χ1n) is 9.67. The fourth-order valence-corrected chi connectivity index (χ4v) is 3.38. The molecule has 1 amide bonds. The van der Waals surface area contributed by atoms with E-state index in [4.69, 9.17) is 15.2 Å². The van der Waals surface area contributed by atoms with Crippen molar-refractivity contribution in [1.82, 2.24) is 15.2 Å². The third-order valence-electron chi connectivity index (χ3n) is 4.37. The van der Waals surface area contributed by atoms with Gasteiger partial charge in [0.05, 0.1) is 18.6 Å². The van der Waals surface area contributed by atoms with Crippen LogP contribution in [0.1, 0.15) is 17.3 Å². The second-order valence-corrected chi connectivity index (χ2v) is 8.63. The van der Waals surface area contributed by atoms with Crippen LogP contribution >= 0.6 is 0 Å². The van der Waals surface area contributed by atoms with Crippen molar-refractivity contribution in [3.05, 3.63) is 48.2 Å². The number of ether oxygens (including phenoxy) is 2. The van der Waals surface area contributed by atoms with Crippen LogP contribution in [-0.2, 0) is 14.8 Å². The Balaban J connectivity index is 1.79. The largest absolute Gasteiger partial charge is 0.490 e. The summed E-state index contributed by atoms with van der Waals surface area (Å²) in [6, 6.07) is 9.86. The number of carbonyl (C=O) groups excluding carboxylic acids is 1. The number of anilines is 3. The van der Waals surface area contributed by atoms with Gasteiger partial charge in [-0.2, -0.15) is 5.10 Å². The van der Waals surface area contributed by atoms with Crippen molar-refractivity contribution < 1.29 is 22.7 Å². The molecule has 1 aromatic carbocycles. The molecule has 0 aliphatic carbocycles. The lowest BCUT2D eigenvalue weighted by molar-refractivity contribution is 0.100. The van der Waals surface area contributed by atoms with E-state index in [9.17, 15) is 13.2 Å².